The molecule has 0 saturated heterocycles. The zero-order valence-electron chi connectivity index (χ0n) is 34.8. The van der Waals surface area contributed by atoms with Gasteiger partial charge < -0.3 is 9.32 Å². The Labute approximate surface area is 375 Å². The van der Waals surface area contributed by atoms with Crippen molar-refractivity contribution in [2.75, 3.05) is 4.90 Å². The SMILES string of the molecule is c1ccc(C2(c3ccc(N(c4ccc(-c5ccc6sc7ccccc7c6c5)cc4)c4cccc(-c5cccc6c5oc5ccccc56)c4)cc3)c3ccccc3-c3ccccc32)cc1. The van der Waals surface area contributed by atoms with Crippen LogP contribution in [0.5, 0.6) is 0 Å². The van der Waals surface area contributed by atoms with Crippen LogP contribution in [0.15, 0.2) is 241 Å². The van der Waals surface area contributed by atoms with E-state index in [1.807, 2.05) is 17.4 Å². The minimum absolute atomic E-state index is 0.473. The number of fused-ring (bicyclic) bond motifs is 9. The van der Waals surface area contributed by atoms with E-state index in [0.717, 1.165) is 50.1 Å². The van der Waals surface area contributed by atoms with Gasteiger partial charge in [-0.2, -0.15) is 0 Å². The number of furan rings is 1. The van der Waals surface area contributed by atoms with Crippen LogP contribution in [0, 0.1) is 0 Å². The minimum Gasteiger partial charge on any atom is -0.455 e. The molecule has 0 radical (unpaired) electrons. The Morgan fingerprint density at radius 1 is 0.344 bits per heavy atom. The van der Waals surface area contributed by atoms with Crippen molar-refractivity contribution >= 4 is 70.5 Å². The Morgan fingerprint density at radius 3 is 1.70 bits per heavy atom. The van der Waals surface area contributed by atoms with E-state index in [1.54, 1.807) is 0 Å². The highest BCUT2D eigenvalue weighted by atomic mass is 32.1. The predicted octanol–water partition coefficient (Wildman–Crippen LogP) is 17.1. The zero-order valence-corrected chi connectivity index (χ0v) is 35.6. The quantitative estimate of drug-likeness (QED) is 0.159. The van der Waals surface area contributed by atoms with Crippen molar-refractivity contribution in [3.8, 4) is 33.4 Å². The van der Waals surface area contributed by atoms with Crippen LogP contribution >= 0.6 is 11.3 Å². The maximum absolute atomic E-state index is 6.55. The Morgan fingerprint density at radius 2 is 0.922 bits per heavy atom. The number of hydrogen-bond acceptors (Lipinski definition) is 3. The highest BCUT2D eigenvalue weighted by Crippen LogP contribution is 2.56. The summed E-state index contributed by atoms with van der Waals surface area (Å²) >= 11 is 1.86. The number of hydrogen-bond donors (Lipinski definition) is 0. The Hall–Kier alpha value is -7.98. The van der Waals surface area contributed by atoms with Gasteiger partial charge in [-0.25, -0.2) is 0 Å². The topological polar surface area (TPSA) is 16.4 Å². The Balaban J connectivity index is 0.964. The molecule has 0 fully saturated rings. The molecule has 2 heterocycles. The molecule has 0 amide bonds. The number of thiophene rings is 1. The van der Waals surface area contributed by atoms with Crippen molar-refractivity contribution < 1.29 is 4.42 Å². The summed E-state index contributed by atoms with van der Waals surface area (Å²) in [5, 5.41) is 4.87. The molecule has 0 spiro atoms. The lowest BCUT2D eigenvalue weighted by Gasteiger charge is -2.34. The first-order valence-corrected chi connectivity index (χ1v) is 22.7. The molecule has 1 aliphatic carbocycles. The highest BCUT2D eigenvalue weighted by molar-refractivity contribution is 7.25. The average molecular weight is 834 g/mol. The molecule has 0 aliphatic heterocycles. The standard InChI is InChI=1S/C61H39NOS/c1-2-15-43(16-3-1)61(55-24-8-4-18-49(55)50-19-5-9-25-56(50)61)44-31-35-46(36-32-44)62(45-33-28-40(29-34-45)41-30-37-59-54(39-41)52-21-7-11-27-58(52)64-59)47-17-12-14-42(38-47)48-22-13-23-53-51-20-6-10-26-57(51)63-60(48)53/h1-39H. The third-order valence-corrected chi connectivity index (χ3v) is 14.5. The lowest BCUT2D eigenvalue weighted by Crippen LogP contribution is -2.28. The second kappa shape index (κ2) is 14.6. The number of nitrogens with zero attached hydrogens (tertiary/aromatic N) is 1. The van der Waals surface area contributed by atoms with Crippen molar-refractivity contribution in [3.05, 3.63) is 259 Å². The van der Waals surface area contributed by atoms with Crippen LogP contribution < -0.4 is 4.90 Å². The second-order valence-electron chi connectivity index (χ2n) is 16.8. The smallest absolute Gasteiger partial charge is 0.143 e. The van der Waals surface area contributed by atoms with Crippen LogP contribution in [0.25, 0.3) is 75.5 Å². The molecular formula is C61H39NOS. The van der Waals surface area contributed by atoms with Gasteiger partial charge >= 0.3 is 0 Å². The highest BCUT2D eigenvalue weighted by Gasteiger charge is 2.45. The van der Waals surface area contributed by atoms with Gasteiger partial charge in [0.15, 0.2) is 0 Å². The molecule has 0 unspecified atom stereocenters. The summed E-state index contributed by atoms with van der Waals surface area (Å²) in [5.41, 5.74) is 16.8. The summed E-state index contributed by atoms with van der Waals surface area (Å²) in [6.07, 6.45) is 0. The van der Waals surface area contributed by atoms with Crippen LogP contribution in [0.3, 0.4) is 0 Å². The van der Waals surface area contributed by atoms with Crippen molar-refractivity contribution in [3.63, 3.8) is 0 Å². The van der Waals surface area contributed by atoms with E-state index in [0.29, 0.717) is 0 Å². The summed E-state index contributed by atoms with van der Waals surface area (Å²) in [4.78, 5) is 2.39. The van der Waals surface area contributed by atoms with E-state index in [2.05, 4.69) is 235 Å². The maximum atomic E-state index is 6.55. The van der Waals surface area contributed by atoms with Gasteiger partial charge in [0.05, 0.1) is 5.41 Å². The van der Waals surface area contributed by atoms with Crippen LogP contribution in [0.2, 0.25) is 0 Å². The van der Waals surface area contributed by atoms with Gasteiger partial charge in [-0.05, 0) is 111 Å². The first-order valence-electron chi connectivity index (χ1n) is 21.9. The van der Waals surface area contributed by atoms with Gasteiger partial charge in [0.1, 0.15) is 11.2 Å². The van der Waals surface area contributed by atoms with E-state index in [4.69, 9.17) is 4.42 Å². The lowest BCUT2D eigenvalue weighted by atomic mass is 9.68. The van der Waals surface area contributed by atoms with E-state index in [-0.39, 0.29) is 0 Å². The minimum atomic E-state index is -0.473. The summed E-state index contributed by atoms with van der Waals surface area (Å²) in [6, 6.07) is 86.5. The fourth-order valence-corrected chi connectivity index (χ4v) is 11.6. The molecule has 1 aliphatic rings. The Kier molecular flexibility index (Phi) is 8.34. The molecule has 300 valence electrons. The molecule has 64 heavy (non-hydrogen) atoms. The predicted molar refractivity (Wildman–Crippen MR) is 269 cm³/mol. The molecule has 0 saturated carbocycles. The van der Waals surface area contributed by atoms with Gasteiger partial charge in [0.25, 0.3) is 0 Å². The molecule has 0 bridgehead atoms. The average Bonchev–Trinajstić information content (AvgIpc) is 4.03. The van der Waals surface area contributed by atoms with Crippen molar-refractivity contribution in [2.45, 2.75) is 5.41 Å². The number of rotatable bonds is 7. The van der Waals surface area contributed by atoms with Crippen LogP contribution in [-0.2, 0) is 5.41 Å². The van der Waals surface area contributed by atoms with Gasteiger partial charge in [-0.3, -0.25) is 0 Å². The molecule has 2 nitrogen and oxygen atoms in total. The van der Waals surface area contributed by atoms with E-state index in [9.17, 15) is 0 Å². The summed E-state index contributed by atoms with van der Waals surface area (Å²) in [5.74, 6) is 0. The molecule has 3 heteroatoms. The largest absolute Gasteiger partial charge is 0.455 e. The summed E-state index contributed by atoms with van der Waals surface area (Å²) in [6.45, 7) is 0. The van der Waals surface area contributed by atoms with Crippen LogP contribution in [0.4, 0.5) is 17.1 Å². The van der Waals surface area contributed by atoms with Gasteiger partial charge in [-0.15, -0.1) is 11.3 Å². The molecule has 0 N–H and O–H groups in total. The van der Waals surface area contributed by atoms with E-state index < -0.39 is 5.41 Å². The summed E-state index contributed by atoms with van der Waals surface area (Å²) < 4.78 is 9.19. The fourth-order valence-electron chi connectivity index (χ4n) is 10.5. The maximum Gasteiger partial charge on any atom is 0.143 e. The normalized spacial score (nSPS) is 12.8. The third kappa shape index (κ3) is 5.58. The molecular weight excluding hydrogens is 795 g/mol. The lowest BCUT2D eigenvalue weighted by molar-refractivity contribution is 0.670. The van der Waals surface area contributed by atoms with E-state index in [1.165, 1.54) is 64.7 Å². The molecule has 12 aromatic rings. The molecule has 13 rings (SSSR count). The van der Waals surface area contributed by atoms with Crippen molar-refractivity contribution in [1.82, 2.24) is 0 Å². The second-order valence-corrected chi connectivity index (χ2v) is 17.9. The number of para-hydroxylation sites is 2. The first-order chi connectivity index (χ1) is 31.7. The number of benzene rings is 10. The van der Waals surface area contributed by atoms with E-state index >= 15 is 0 Å². The summed E-state index contributed by atoms with van der Waals surface area (Å²) in [7, 11) is 0. The fraction of sp³-hybridized carbons (Fsp3) is 0.0164. The third-order valence-electron chi connectivity index (χ3n) is 13.4. The van der Waals surface area contributed by atoms with Gasteiger partial charge in [0, 0.05) is 53.6 Å². The molecule has 0 atom stereocenters. The van der Waals surface area contributed by atoms with Crippen molar-refractivity contribution in [1.29, 1.82) is 0 Å². The van der Waals surface area contributed by atoms with Gasteiger partial charge in [0.2, 0.25) is 0 Å². The first kappa shape index (κ1) is 36.7. The molecule has 2 aromatic heterocycles. The van der Waals surface area contributed by atoms with Crippen molar-refractivity contribution in [2.24, 2.45) is 0 Å². The monoisotopic (exact) mass is 833 g/mol. The van der Waals surface area contributed by atoms with Crippen LogP contribution in [-0.4, -0.2) is 0 Å². The molecule has 10 aromatic carbocycles. The van der Waals surface area contributed by atoms with Gasteiger partial charge in [-0.1, -0.05) is 176 Å². The zero-order chi connectivity index (χ0) is 42.2. The Bertz CT molecular complexity index is 3680. The van der Waals surface area contributed by atoms with Crippen LogP contribution in [0.1, 0.15) is 22.3 Å². The number of anilines is 3.